The lowest BCUT2D eigenvalue weighted by atomic mass is 9.76. The van der Waals surface area contributed by atoms with E-state index in [1.54, 1.807) is 4.90 Å². The summed E-state index contributed by atoms with van der Waals surface area (Å²) in [6.07, 6.45) is 10.7. The quantitative estimate of drug-likeness (QED) is 0.439. The Labute approximate surface area is 255 Å². The summed E-state index contributed by atoms with van der Waals surface area (Å²) in [7, 11) is -3.57. The second-order valence-electron chi connectivity index (χ2n) is 10.6. The van der Waals surface area contributed by atoms with Gasteiger partial charge in [0.15, 0.2) is 0 Å². The van der Waals surface area contributed by atoms with Gasteiger partial charge >= 0.3 is 5.97 Å². The van der Waals surface area contributed by atoms with Gasteiger partial charge in [-0.2, -0.15) is 0 Å². The number of halogens is 3. The van der Waals surface area contributed by atoms with Crippen LogP contribution >= 0.6 is 43.5 Å². The summed E-state index contributed by atoms with van der Waals surface area (Å²) in [4.78, 5) is 32.1. The first-order valence-electron chi connectivity index (χ1n) is 12.9. The molecule has 0 bridgehead atoms. The molecule has 1 amide bonds. The van der Waals surface area contributed by atoms with E-state index in [1.165, 1.54) is 41.2 Å². The third kappa shape index (κ3) is 5.75. The number of amides is 1. The smallest absolute Gasteiger partial charge is 0.318 e. The molecule has 0 spiro atoms. The Morgan fingerprint density at radius 3 is 2.38 bits per heavy atom. The first kappa shape index (κ1) is 29.3. The molecule has 1 aromatic carbocycles. The summed E-state index contributed by atoms with van der Waals surface area (Å²) in [5, 5.41) is 10.6. The molecule has 1 fully saturated rings. The minimum atomic E-state index is -3.57. The number of fused-ring (bicyclic) bond motifs is 2. The van der Waals surface area contributed by atoms with E-state index in [0.717, 1.165) is 50.9 Å². The summed E-state index contributed by atoms with van der Waals surface area (Å²) < 4.78 is 26.5. The number of carboxylic acids is 1. The molecule has 8 nitrogen and oxygen atoms in total. The maximum atomic E-state index is 13.3. The van der Waals surface area contributed by atoms with E-state index < -0.39 is 21.4 Å². The molecule has 1 atom stereocenters. The van der Waals surface area contributed by atoms with Crippen LogP contribution in [0.25, 0.3) is 0 Å². The van der Waals surface area contributed by atoms with Gasteiger partial charge in [-0.15, -0.1) is 0 Å². The molecule has 0 unspecified atom stereocenters. The molecule has 0 radical (unpaired) electrons. The summed E-state index contributed by atoms with van der Waals surface area (Å²) in [6, 6.07) is 6.10. The van der Waals surface area contributed by atoms with Crippen molar-refractivity contribution in [3.05, 3.63) is 85.3 Å². The van der Waals surface area contributed by atoms with Crippen molar-refractivity contribution >= 4 is 65.4 Å². The Bertz CT molecular complexity index is 1520. The highest BCUT2D eigenvalue weighted by atomic mass is 79.9. The van der Waals surface area contributed by atoms with Gasteiger partial charge < -0.3 is 10.0 Å². The maximum Gasteiger partial charge on any atom is 0.318 e. The van der Waals surface area contributed by atoms with Crippen molar-refractivity contribution in [1.82, 2.24) is 14.2 Å². The first-order valence-corrected chi connectivity index (χ1v) is 16.7. The average molecular weight is 714 g/mol. The molecule has 1 aliphatic carbocycles. The van der Waals surface area contributed by atoms with Crippen LogP contribution in [0.2, 0.25) is 5.02 Å². The highest BCUT2D eigenvalue weighted by Gasteiger charge is 2.41. The Kier molecular flexibility index (Phi) is 8.22. The second kappa shape index (κ2) is 11.2. The van der Waals surface area contributed by atoms with Gasteiger partial charge in [-0.25, -0.2) is 8.42 Å². The number of piperidine rings is 1. The van der Waals surface area contributed by atoms with Gasteiger partial charge in [-0.05, 0) is 94.6 Å². The number of sulfonamides is 1. The molecule has 3 heterocycles. The number of carboxylic acid groups (broad SMARTS) is 1. The Hall–Kier alpha value is -2.21. The maximum absolute atomic E-state index is 13.3. The lowest BCUT2D eigenvalue weighted by Gasteiger charge is -2.38. The van der Waals surface area contributed by atoms with Gasteiger partial charge in [0.05, 0.1) is 18.4 Å². The number of hydrogen-bond acceptors (Lipinski definition) is 5. The van der Waals surface area contributed by atoms with E-state index in [-0.39, 0.29) is 24.2 Å². The van der Waals surface area contributed by atoms with E-state index in [4.69, 9.17) is 16.6 Å². The number of aryl methyl sites for hydroxylation is 2. The van der Waals surface area contributed by atoms with Crippen LogP contribution in [0.3, 0.4) is 0 Å². The third-order valence-electron chi connectivity index (χ3n) is 8.04. The van der Waals surface area contributed by atoms with Crippen LogP contribution in [0.4, 0.5) is 0 Å². The fourth-order valence-electron chi connectivity index (χ4n) is 5.95. The standard InChI is InChI=1S/C28H28Br2ClN3O5S/c1-40(38,39)34-10-6-28(7-11-34,27(36)37)15-23(35)33-8-4-17(5-9-33)25-24-18(13-21(31)14-22(24)30)2-3-19-12-20(29)16-32-26(19)25/h6-7,10-14,16-17,25H,2-5,8-9,15H2,1H3,(H,36,37)/t25-/m1/s1. The van der Waals surface area contributed by atoms with Gasteiger partial charge in [0, 0.05) is 51.6 Å². The number of aromatic nitrogens is 1. The monoisotopic (exact) mass is 711 g/mol. The van der Waals surface area contributed by atoms with E-state index in [1.807, 2.05) is 18.3 Å². The first-order chi connectivity index (χ1) is 18.9. The fourth-order valence-corrected chi connectivity index (χ4v) is 8.01. The van der Waals surface area contributed by atoms with Crippen LogP contribution in [-0.2, 0) is 32.5 Å². The van der Waals surface area contributed by atoms with Crippen LogP contribution in [0.5, 0.6) is 0 Å². The number of hydrogen-bond donors (Lipinski definition) is 1. The summed E-state index contributed by atoms with van der Waals surface area (Å²) in [5.41, 5.74) is 3.03. The van der Waals surface area contributed by atoms with E-state index >= 15 is 0 Å². The molecule has 12 heteroatoms. The van der Waals surface area contributed by atoms with E-state index in [0.29, 0.717) is 18.1 Å². The number of nitrogens with zero attached hydrogens (tertiary/aromatic N) is 3. The summed E-state index contributed by atoms with van der Waals surface area (Å²) >= 11 is 13.8. The molecular weight excluding hydrogens is 686 g/mol. The fraction of sp³-hybridized carbons (Fsp3) is 0.393. The normalized spacial score (nSPS) is 20.6. The lowest BCUT2D eigenvalue weighted by Crippen LogP contribution is -2.43. The summed E-state index contributed by atoms with van der Waals surface area (Å²) in [6.45, 7) is 0.982. The zero-order valence-corrected chi connectivity index (χ0v) is 26.4. The number of pyridine rings is 1. The number of carbonyl (C=O) groups excluding carboxylic acids is 1. The van der Waals surface area contributed by atoms with Crippen molar-refractivity contribution in [2.45, 2.75) is 38.0 Å². The number of likely N-dealkylation sites (tertiary alicyclic amines) is 1. The molecule has 1 N–H and O–H groups in total. The SMILES string of the molecule is CS(=O)(=O)N1C=CC(CC(=O)N2CCC([C@H]3c4ncc(Br)cc4CCc4cc(Cl)cc(Br)c43)CC2)(C(=O)O)C=C1. The van der Waals surface area contributed by atoms with Crippen molar-refractivity contribution in [3.8, 4) is 0 Å². The number of carbonyl (C=O) groups is 2. The van der Waals surface area contributed by atoms with Crippen LogP contribution in [0, 0.1) is 11.3 Å². The molecule has 212 valence electrons. The summed E-state index contributed by atoms with van der Waals surface area (Å²) in [5.74, 6) is -1.23. The topological polar surface area (TPSA) is 108 Å². The minimum Gasteiger partial charge on any atom is -0.480 e. The van der Waals surface area contributed by atoms with Crippen molar-refractivity contribution < 1.29 is 23.1 Å². The van der Waals surface area contributed by atoms with Crippen molar-refractivity contribution in [3.63, 3.8) is 0 Å². The molecule has 2 aromatic rings. The molecule has 1 aromatic heterocycles. The molecular formula is C28H28Br2ClN3O5S. The van der Waals surface area contributed by atoms with Crippen LogP contribution in [-0.4, -0.2) is 58.9 Å². The van der Waals surface area contributed by atoms with Crippen molar-refractivity contribution in [1.29, 1.82) is 0 Å². The molecule has 0 saturated carbocycles. The number of aliphatic carboxylic acids is 1. The minimum absolute atomic E-state index is 0.0287. The van der Waals surface area contributed by atoms with Crippen molar-refractivity contribution in [2.75, 3.05) is 19.3 Å². The zero-order chi connectivity index (χ0) is 28.8. The van der Waals surface area contributed by atoms with E-state index in [9.17, 15) is 23.1 Å². The molecule has 2 aliphatic heterocycles. The predicted octanol–water partition coefficient (Wildman–Crippen LogP) is 5.49. The Morgan fingerprint density at radius 2 is 1.75 bits per heavy atom. The third-order valence-corrected chi connectivity index (χ3v) is 10.4. The van der Waals surface area contributed by atoms with Gasteiger partial charge in [0.2, 0.25) is 15.9 Å². The highest BCUT2D eigenvalue weighted by Crippen LogP contribution is 2.46. The Morgan fingerprint density at radius 1 is 1.10 bits per heavy atom. The lowest BCUT2D eigenvalue weighted by molar-refractivity contribution is -0.148. The van der Waals surface area contributed by atoms with Gasteiger partial charge in [-0.1, -0.05) is 27.5 Å². The highest BCUT2D eigenvalue weighted by molar-refractivity contribution is 9.10. The van der Waals surface area contributed by atoms with Gasteiger partial charge in [0.25, 0.3) is 0 Å². The van der Waals surface area contributed by atoms with E-state index in [2.05, 4.69) is 37.9 Å². The number of rotatable bonds is 5. The van der Waals surface area contributed by atoms with Crippen LogP contribution in [0.15, 0.2) is 57.9 Å². The van der Waals surface area contributed by atoms with Crippen LogP contribution in [0.1, 0.15) is 47.6 Å². The number of benzene rings is 1. The van der Waals surface area contributed by atoms with Crippen LogP contribution < -0.4 is 0 Å². The largest absolute Gasteiger partial charge is 0.480 e. The molecule has 40 heavy (non-hydrogen) atoms. The molecule has 3 aliphatic rings. The van der Waals surface area contributed by atoms with Gasteiger partial charge in [0.1, 0.15) is 5.41 Å². The molecule has 1 saturated heterocycles. The Balaban J connectivity index is 1.36. The van der Waals surface area contributed by atoms with Gasteiger partial charge in [-0.3, -0.25) is 18.9 Å². The predicted molar refractivity (Wildman–Crippen MR) is 159 cm³/mol. The van der Waals surface area contributed by atoms with Crippen molar-refractivity contribution in [2.24, 2.45) is 11.3 Å². The average Bonchev–Trinajstić information content (AvgIpc) is 3.05. The second-order valence-corrected chi connectivity index (χ2v) is 14.7. The zero-order valence-electron chi connectivity index (χ0n) is 21.7. The molecule has 5 rings (SSSR count).